The van der Waals surface area contributed by atoms with Crippen LogP contribution in [0.1, 0.15) is 24.1 Å². The Morgan fingerprint density at radius 1 is 1.33 bits per heavy atom. The molecule has 2 rings (SSSR count). The van der Waals surface area contributed by atoms with Gasteiger partial charge in [-0.3, -0.25) is 4.90 Å². The molecule has 118 valence electrons. The fourth-order valence-electron chi connectivity index (χ4n) is 2.84. The zero-order valence-electron chi connectivity index (χ0n) is 12.8. The Bertz CT molecular complexity index is 570. The number of rotatable bonds is 4. The lowest BCUT2D eigenvalue weighted by Gasteiger charge is -2.41. The molecule has 6 heteroatoms. The number of aryl methyl sites for hydroxylation is 1. The van der Waals surface area contributed by atoms with Gasteiger partial charge in [-0.2, -0.15) is 11.8 Å². The second-order valence-corrected chi connectivity index (χ2v) is 9.16. The molecule has 1 aliphatic rings. The minimum atomic E-state index is -3.12. The molecule has 0 aliphatic carbocycles. The summed E-state index contributed by atoms with van der Waals surface area (Å²) in [6.07, 6.45) is 1.32. The molecule has 0 bridgehead atoms. The average molecular weight is 329 g/mol. The van der Waals surface area contributed by atoms with E-state index in [2.05, 4.69) is 29.2 Å². The molecular formula is C15H24N2O2S2. The van der Waals surface area contributed by atoms with Crippen LogP contribution in [-0.2, 0) is 9.84 Å². The van der Waals surface area contributed by atoms with E-state index in [1.54, 1.807) is 11.8 Å². The summed E-state index contributed by atoms with van der Waals surface area (Å²) in [7, 11) is -3.12. The second-order valence-electron chi connectivity index (χ2n) is 5.81. The van der Waals surface area contributed by atoms with Crippen molar-refractivity contribution in [3.05, 3.63) is 35.4 Å². The fraction of sp³-hybridized carbons (Fsp3) is 0.600. The standard InChI is InChI=1S/C15H24N2O2S2/c1-11-4-6-13(7-5-11)15(12(2)16)17-8-9-20-10-14(17)21(3,18)19/h4-7,12,14-15H,8-10,16H2,1-3H3. The lowest BCUT2D eigenvalue weighted by molar-refractivity contribution is 0.172. The van der Waals surface area contributed by atoms with Gasteiger partial charge in [-0.15, -0.1) is 0 Å². The van der Waals surface area contributed by atoms with Crippen molar-refractivity contribution >= 4 is 21.6 Å². The van der Waals surface area contributed by atoms with Crippen LogP contribution in [0.3, 0.4) is 0 Å². The molecule has 1 saturated heterocycles. The van der Waals surface area contributed by atoms with E-state index in [1.165, 1.54) is 11.8 Å². The maximum Gasteiger partial charge on any atom is 0.164 e. The third kappa shape index (κ3) is 4.00. The van der Waals surface area contributed by atoms with E-state index < -0.39 is 15.2 Å². The van der Waals surface area contributed by atoms with Crippen LogP contribution in [0.4, 0.5) is 0 Å². The molecule has 21 heavy (non-hydrogen) atoms. The molecule has 0 radical (unpaired) electrons. The Morgan fingerprint density at radius 2 is 1.95 bits per heavy atom. The zero-order chi connectivity index (χ0) is 15.6. The molecule has 4 nitrogen and oxygen atoms in total. The molecule has 3 unspecified atom stereocenters. The van der Waals surface area contributed by atoms with Crippen LogP contribution in [0.2, 0.25) is 0 Å². The van der Waals surface area contributed by atoms with Gasteiger partial charge >= 0.3 is 0 Å². The number of thioether (sulfide) groups is 1. The van der Waals surface area contributed by atoms with Crippen molar-refractivity contribution in [2.45, 2.75) is 31.3 Å². The van der Waals surface area contributed by atoms with Crippen molar-refractivity contribution in [3.63, 3.8) is 0 Å². The van der Waals surface area contributed by atoms with Gasteiger partial charge in [0.15, 0.2) is 9.84 Å². The molecule has 1 aliphatic heterocycles. The lowest BCUT2D eigenvalue weighted by Crippen LogP contribution is -2.52. The minimum absolute atomic E-state index is 0.0637. The summed E-state index contributed by atoms with van der Waals surface area (Å²) in [5.41, 5.74) is 8.48. The summed E-state index contributed by atoms with van der Waals surface area (Å²) in [5.74, 6) is 1.56. The molecule has 3 atom stereocenters. The average Bonchev–Trinajstić information content (AvgIpc) is 2.40. The number of sulfone groups is 1. The van der Waals surface area contributed by atoms with Gasteiger partial charge in [-0.05, 0) is 19.4 Å². The van der Waals surface area contributed by atoms with Crippen LogP contribution in [0, 0.1) is 6.92 Å². The van der Waals surface area contributed by atoms with E-state index in [4.69, 9.17) is 5.73 Å². The van der Waals surface area contributed by atoms with Gasteiger partial charge < -0.3 is 5.73 Å². The summed E-state index contributed by atoms with van der Waals surface area (Å²) in [4.78, 5) is 2.07. The van der Waals surface area contributed by atoms with Crippen LogP contribution in [-0.4, -0.2) is 49.0 Å². The lowest BCUT2D eigenvalue weighted by atomic mass is 9.98. The molecule has 1 aromatic rings. The second kappa shape index (κ2) is 6.69. The van der Waals surface area contributed by atoms with Crippen LogP contribution in [0.25, 0.3) is 0 Å². The Labute approximate surface area is 132 Å². The predicted molar refractivity (Wildman–Crippen MR) is 90.2 cm³/mol. The molecular weight excluding hydrogens is 304 g/mol. The number of nitrogens with zero attached hydrogens (tertiary/aromatic N) is 1. The van der Waals surface area contributed by atoms with Crippen LogP contribution >= 0.6 is 11.8 Å². The van der Waals surface area contributed by atoms with Crippen molar-refractivity contribution in [2.75, 3.05) is 24.3 Å². The molecule has 0 amide bonds. The minimum Gasteiger partial charge on any atom is -0.326 e. The van der Waals surface area contributed by atoms with Crippen molar-refractivity contribution < 1.29 is 8.42 Å². The summed E-state index contributed by atoms with van der Waals surface area (Å²) < 4.78 is 24.2. The van der Waals surface area contributed by atoms with E-state index in [-0.39, 0.29) is 12.1 Å². The van der Waals surface area contributed by atoms with Crippen molar-refractivity contribution in [1.29, 1.82) is 0 Å². The van der Waals surface area contributed by atoms with Gasteiger partial charge in [0.05, 0.1) is 6.04 Å². The van der Waals surface area contributed by atoms with Gasteiger partial charge in [-0.25, -0.2) is 8.42 Å². The van der Waals surface area contributed by atoms with E-state index >= 15 is 0 Å². The van der Waals surface area contributed by atoms with Crippen LogP contribution in [0.15, 0.2) is 24.3 Å². The number of nitrogens with two attached hydrogens (primary N) is 1. The van der Waals surface area contributed by atoms with Crippen LogP contribution in [0.5, 0.6) is 0 Å². The van der Waals surface area contributed by atoms with Crippen molar-refractivity contribution in [3.8, 4) is 0 Å². The Hall–Kier alpha value is -0.560. The quantitative estimate of drug-likeness (QED) is 0.913. The fourth-order valence-corrected chi connectivity index (χ4v) is 5.75. The first-order valence-electron chi connectivity index (χ1n) is 7.15. The summed E-state index contributed by atoms with van der Waals surface area (Å²) in [5, 5.41) is -0.450. The van der Waals surface area contributed by atoms with Crippen molar-refractivity contribution in [2.24, 2.45) is 5.73 Å². The SMILES string of the molecule is Cc1ccc(C(C(C)N)N2CCSCC2S(C)(=O)=O)cc1. The number of hydrogen-bond acceptors (Lipinski definition) is 5. The maximum absolute atomic E-state index is 12.1. The van der Waals surface area contributed by atoms with E-state index in [0.29, 0.717) is 5.75 Å². The first-order chi connectivity index (χ1) is 9.80. The third-order valence-corrected chi connectivity index (χ3v) is 6.55. The summed E-state index contributed by atoms with van der Waals surface area (Å²) in [6.45, 7) is 4.75. The first-order valence-corrected chi connectivity index (χ1v) is 10.3. The molecule has 1 aromatic carbocycles. The molecule has 1 fully saturated rings. The largest absolute Gasteiger partial charge is 0.326 e. The van der Waals surface area contributed by atoms with E-state index in [1.807, 2.05) is 13.8 Å². The molecule has 0 spiro atoms. The van der Waals surface area contributed by atoms with Gasteiger partial charge in [0.2, 0.25) is 0 Å². The number of hydrogen-bond donors (Lipinski definition) is 1. The highest BCUT2D eigenvalue weighted by Gasteiger charge is 2.37. The van der Waals surface area contributed by atoms with Crippen LogP contribution < -0.4 is 5.73 Å². The highest BCUT2D eigenvalue weighted by Crippen LogP contribution is 2.32. The maximum atomic E-state index is 12.1. The molecule has 1 heterocycles. The van der Waals surface area contributed by atoms with Gasteiger partial charge in [0.1, 0.15) is 5.37 Å². The number of benzene rings is 1. The smallest absolute Gasteiger partial charge is 0.164 e. The molecule has 0 aromatic heterocycles. The topological polar surface area (TPSA) is 63.4 Å². The molecule has 2 N–H and O–H groups in total. The normalized spacial score (nSPS) is 23.7. The molecule has 0 saturated carbocycles. The summed E-state index contributed by atoms with van der Waals surface area (Å²) in [6, 6.07) is 8.04. The first kappa shape index (κ1) is 16.8. The van der Waals surface area contributed by atoms with Gasteiger partial charge in [0, 0.05) is 30.3 Å². The Morgan fingerprint density at radius 3 is 2.48 bits per heavy atom. The summed E-state index contributed by atoms with van der Waals surface area (Å²) >= 11 is 1.70. The van der Waals surface area contributed by atoms with E-state index in [9.17, 15) is 8.42 Å². The highest BCUT2D eigenvalue weighted by molar-refractivity contribution is 8.00. The third-order valence-electron chi connectivity index (χ3n) is 3.89. The highest BCUT2D eigenvalue weighted by atomic mass is 32.2. The monoisotopic (exact) mass is 328 g/mol. The zero-order valence-corrected chi connectivity index (χ0v) is 14.5. The van der Waals surface area contributed by atoms with Crippen molar-refractivity contribution in [1.82, 2.24) is 4.90 Å². The Kier molecular flexibility index (Phi) is 5.35. The Balaban J connectivity index is 2.38. The van der Waals surface area contributed by atoms with E-state index in [0.717, 1.165) is 17.9 Å². The van der Waals surface area contributed by atoms with Gasteiger partial charge in [0.25, 0.3) is 0 Å². The predicted octanol–water partition coefficient (Wildman–Crippen LogP) is 1.80. The van der Waals surface area contributed by atoms with Gasteiger partial charge in [-0.1, -0.05) is 29.8 Å².